The molecule has 1 aliphatic heterocycles. The third kappa shape index (κ3) is 3.76. The molecule has 0 saturated carbocycles. The average Bonchev–Trinajstić information content (AvgIpc) is 2.39. The van der Waals surface area contributed by atoms with Gasteiger partial charge in [0.15, 0.2) is 5.78 Å². The van der Waals surface area contributed by atoms with Gasteiger partial charge in [-0.2, -0.15) is 0 Å². The monoisotopic (exact) mass is 243 g/mol. The summed E-state index contributed by atoms with van der Waals surface area (Å²) < 4.78 is 10.7. The van der Waals surface area contributed by atoms with E-state index in [0.29, 0.717) is 6.61 Å². The molecule has 0 N–H and O–H groups in total. The molecule has 1 aliphatic rings. The second kappa shape index (κ2) is 7.09. The molecule has 4 nitrogen and oxygen atoms in total. The van der Waals surface area contributed by atoms with Crippen LogP contribution in [0.5, 0.6) is 0 Å². The van der Waals surface area contributed by atoms with Crippen molar-refractivity contribution in [3.8, 4) is 0 Å². The first-order valence-electron chi connectivity index (χ1n) is 6.59. The van der Waals surface area contributed by atoms with Crippen molar-refractivity contribution in [1.82, 2.24) is 4.90 Å². The van der Waals surface area contributed by atoms with Crippen molar-refractivity contribution in [3.63, 3.8) is 0 Å². The van der Waals surface area contributed by atoms with Gasteiger partial charge in [0.1, 0.15) is 6.61 Å². The van der Waals surface area contributed by atoms with Crippen molar-refractivity contribution in [2.45, 2.75) is 39.2 Å². The minimum atomic E-state index is -0.391. The summed E-state index contributed by atoms with van der Waals surface area (Å²) in [6, 6.07) is 0. The molecule has 0 radical (unpaired) electrons. The topological polar surface area (TPSA) is 38.8 Å². The number of carbonyl (C=O) groups excluding carboxylic acids is 1. The van der Waals surface area contributed by atoms with E-state index < -0.39 is 5.54 Å². The number of morpholine rings is 1. The van der Waals surface area contributed by atoms with Crippen LogP contribution in [0.15, 0.2) is 0 Å². The summed E-state index contributed by atoms with van der Waals surface area (Å²) >= 11 is 0. The number of ketones is 1. The Morgan fingerprint density at radius 2 is 2.00 bits per heavy atom. The summed E-state index contributed by atoms with van der Waals surface area (Å²) in [5, 5.41) is 0. The van der Waals surface area contributed by atoms with Crippen molar-refractivity contribution in [1.29, 1.82) is 0 Å². The molecule has 17 heavy (non-hydrogen) atoms. The molecule has 0 aromatic rings. The fourth-order valence-electron chi connectivity index (χ4n) is 2.12. The van der Waals surface area contributed by atoms with E-state index in [9.17, 15) is 4.79 Å². The van der Waals surface area contributed by atoms with Crippen LogP contribution in [0.4, 0.5) is 0 Å². The van der Waals surface area contributed by atoms with Gasteiger partial charge in [0.05, 0.1) is 18.8 Å². The van der Waals surface area contributed by atoms with Gasteiger partial charge >= 0.3 is 0 Å². The second-order valence-electron chi connectivity index (χ2n) is 4.70. The lowest BCUT2D eigenvalue weighted by Gasteiger charge is -2.41. The van der Waals surface area contributed by atoms with Crippen LogP contribution in [0.1, 0.15) is 33.6 Å². The van der Waals surface area contributed by atoms with Crippen molar-refractivity contribution >= 4 is 5.78 Å². The predicted octanol–water partition coefficient (Wildman–Crippen LogP) is 1.48. The van der Waals surface area contributed by atoms with Crippen LogP contribution in [-0.4, -0.2) is 55.7 Å². The van der Waals surface area contributed by atoms with E-state index in [2.05, 4.69) is 11.8 Å². The molecular formula is C13H25NO3. The summed E-state index contributed by atoms with van der Waals surface area (Å²) in [6.07, 6.45) is 1.77. The van der Waals surface area contributed by atoms with Gasteiger partial charge in [-0.3, -0.25) is 9.69 Å². The first-order chi connectivity index (χ1) is 8.15. The Morgan fingerprint density at radius 1 is 1.35 bits per heavy atom. The summed E-state index contributed by atoms with van der Waals surface area (Å²) in [4.78, 5) is 14.5. The molecular weight excluding hydrogens is 218 g/mol. The molecule has 1 saturated heterocycles. The Balaban J connectivity index is 2.55. The van der Waals surface area contributed by atoms with E-state index in [1.54, 1.807) is 0 Å². The molecule has 0 aliphatic carbocycles. The van der Waals surface area contributed by atoms with Gasteiger partial charge in [-0.05, 0) is 19.8 Å². The van der Waals surface area contributed by atoms with Gasteiger partial charge in [-0.15, -0.1) is 0 Å². The molecule has 0 amide bonds. The third-order valence-electron chi connectivity index (χ3n) is 3.58. The van der Waals surface area contributed by atoms with Crippen LogP contribution in [-0.2, 0) is 14.3 Å². The molecule has 1 unspecified atom stereocenters. The van der Waals surface area contributed by atoms with E-state index in [1.165, 1.54) is 0 Å². The van der Waals surface area contributed by atoms with Crippen LogP contribution in [0.3, 0.4) is 0 Å². The Morgan fingerprint density at radius 3 is 2.53 bits per heavy atom. The zero-order chi connectivity index (χ0) is 12.7. The zero-order valence-electron chi connectivity index (χ0n) is 11.3. The molecule has 0 aromatic carbocycles. The first-order valence-corrected chi connectivity index (χ1v) is 6.59. The third-order valence-corrected chi connectivity index (χ3v) is 3.58. The number of Topliss-reactive ketones (excluding diaryl/α,β-unsaturated/α-hetero) is 1. The smallest absolute Gasteiger partial charge is 0.178 e. The fraction of sp³-hybridized carbons (Fsp3) is 0.923. The number of hydrogen-bond acceptors (Lipinski definition) is 4. The maximum Gasteiger partial charge on any atom is 0.178 e. The lowest BCUT2D eigenvalue weighted by atomic mass is 9.90. The second-order valence-corrected chi connectivity index (χ2v) is 4.70. The molecule has 0 bridgehead atoms. The maximum absolute atomic E-state index is 12.3. The number of carbonyl (C=O) groups is 1. The van der Waals surface area contributed by atoms with Crippen LogP contribution in [0, 0.1) is 0 Å². The van der Waals surface area contributed by atoms with E-state index in [-0.39, 0.29) is 12.4 Å². The molecule has 0 aromatic heterocycles. The molecule has 0 spiro atoms. The van der Waals surface area contributed by atoms with E-state index in [1.807, 2.05) is 13.8 Å². The van der Waals surface area contributed by atoms with Gasteiger partial charge in [-0.1, -0.05) is 13.8 Å². The zero-order valence-corrected chi connectivity index (χ0v) is 11.3. The van der Waals surface area contributed by atoms with Crippen LogP contribution in [0.25, 0.3) is 0 Å². The summed E-state index contributed by atoms with van der Waals surface area (Å²) in [5.41, 5.74) is -0.391. The minimum Gasteiger partial charge on any atom is -0.379 e. The van der Waals surface area contributed by atoms with Gasteiger partial charge in [0.25, 0.3) is 0 Å². The Labute approximate surface area is 104 Å². The number of hydrogen-bond donors (Lipinski definition) is 0. The normalized spacial score (nSPS) is 21.1. The van der Waals surface area contributed by atoms with Gasteiger partial charge in [-0.25, -0.2) is 0 Å². The van der Waals surface area contributed by atoms with Gasteiger partial charge in [0.2, 0.25) is 0 Å². The van der Waals surface area contributed by atoms with Gasteiger partial charge < -0.3 is 9.47 Å². The quantitative estimate of drug-likeness (QED) is 0.635. The lowest BCUT2D eigenvalue weighted by molar-refractivity contribution is -0.138. The average molecular weight is 243 g/mol. The highest BCUT2D eigenvalue weighted by atomic mass is 16.5. The van der Waals surface area contributed by atoms with Crippen molar-refractivity contribution in [2.24, 2.45) is 0 Å². The lowest BCUT2D eigenvalue weighted by Crippen LogP contribution is -2.57. The molecule has 1 fully saturated rings. The Bertz CT molecular complexity index is 239. The van der Waals surface area contributed by atoms with Crippen LogP contribution in [0.2, 0.25) is 0 Å². The highest BCUT2D eigenvalue weighted by Gasteiger charge is 2.37. The fourth-order valence-corrected chi connectivity index (χ4v) is 2.12. The van der Waals surface area contributed by atoms with E-state index in [0.717, 1.165) is 39.1 Å². The highest BCUT2D eigenvalue weighted by molar-refractivity contribution is 5.89. The molecule has 1 heterocycles. The molecule has 4 heteroatoms. The van der Waals surface area contributed by atoms with Crippen molar-refractivity contribution in [3.05, 3.63) is 0 Å². The maximum atomic E-state index is 12.3. The highest BCUT2D eigenvalue weighted by Crippen LogP contribution is 2.22. The summed E-state index contributed by atoms with van der Waals surface area (Å²) in [5.74, 6) is 0.190. The van der Waals surface area contributed by atoms with Crippen LogP contribution >= 0.6 is 0 Å². The van der Waals surface area contributed by atoms with E-state index >= 15 is 0 Å². The first kappa shape index (κ1) is 14.6. The van der Waals surface area contributed by atoms with Crippen molar-refractivity contribution < 1.29 is 14.3 Å². The number of rotatable bonds is 7. The standard InChI is InChI=1S/C13H25NO3/c1-4-8-17-11-12(15)13(3,5-2)14-6-9-16-10-7-14/h4-11H2,1-3H3. The predicted molar refractivity (Wildman–Crippen MR) is 67.2 cm³/mol. The summed E-state index contributed by atoms with van der Waals surface area (Å²) in [6.45, 7) is 10.1. The van der Waals surface area contributed by atoms with E-state index in [4.69, 9.17) is 9.47 Å². The van der Waals surface area contributed by atoms with Gasteiger partial charge in [0, 0.05) is 19.7 Å². The van der Waals surface area contributed by atoms with Crippen molar-refractivity contribution in [2.75, 3.05) is 39.5 Å². The number of ether oxygens (including phenoxy) is 2. The largest absolute Gasteiger partial charge is 0.379 e. The SMILES string of the molecule is CCCOCC(=O)C(C)(CC)N1CCOCC1. The molecule has 1 rings (SSSR count). The molecule has 100 valence electrons. The Hall–Kier alpha value is -0.450. The molecule has 1 atom stereocenters. The number of nitrogens with zero attached hydrogens (tertiary/aromatic N) is 1. The minimum absolute atomic E-state index is 0.190. The van der Waals surface area contributed by atoms with Crippen LogP contribution < -0.4 is 0 Å². The Kier molecular flexibility index (Phi) is 6.09. The summed E-state index contributed by atoms with van der Waals surface area (Å²) in [7, 11) is 0.